The predicted octanol–water partition coefficient (Wildman–Crippen LogP) is 3.65. The predicted molar refractivity (Wildman–Crippen MR) is 101 cm³/mol. The van der Waals surface area contributed by atoms with Crippen LogP contribution in [0.2, 0.25) is 0 Å². The lowest BCUT2D eigenvalue weighted by Gasteiger charge is -2.11. The number of pyridine rings is 1. The molecule has 0 atom stereocenters. The van der Waals surface area contributed by atoms with E-state index in [1.807, 2.05) is 6.92 Å². The topological polar surface area (TPSA) is 59.3 Å². The minimum Gasteiger partial charge on any atom is -0.353 e. The molecule has 25 heavy (non-hydrogen) atoms. The van der Waals surface area contributed by atoms with Crippen LogP contribution in [-0.2, 0) is 4.79 Å². The number of carbonyl (C=O) groups excluding carboxylic acids is 1. The fraction of sp³-hybridized carbons (Fsp3) is 0.421. The molecule has 4 rings (SSSR count). The summed E-state index contributed by atoms with van der Waals surface area (Å²) in [6.07, 6.45) is 4.65. The molecular formula is C19H22N4OS. The lowest BCUT2D eigenvalue weighted by Crippen LogP contribution is -2.33. The maximum absolute atomic E-state index is 12.2. The third-order valence-electron chi connectivity index (χ3n) is 4.84. The van der Waals surface area contributed by atoms with Gasteiger partial charge < -0.3 is 5.32 Å². The zero-order valence-corrected chi connectivity index (χ0v) is 15.4. The fourth-order valence-corrected chi connectivity index (χ4v) is 4.33. The molecule has 0 radical (unpaired) electrons. The van der Waals surface area contributed by atoms with Crippen LogP contribution in [0.15, 0.2) is 29.4 Å². The van der Waals surface area contributed by atoms with Gasteiger partial charge in [-0.2, -0.15) is 0 Å². The van der Waals surface area contributed by atoms with Crippen LogP contribution in [0.25, 0.3) is 16.6 Å². The number of aryl methyl sites for hydroxylation is 2. The van der Waals surface area contributed by atoms with Gasteiger partial charge in [0, 0.05) is 6.04 Å². The van der Waals surface area contributed by atoms with Crippen LogP contribution in [-0.4, -0.2) is 32.3 Å². The first kappa shape index (κ1) is 16.4. The summed E-state index contributed by atoms with van der Waals surface area (Å²) in [7, 11) is 0. The number of thioether (sulfide) groups is 1. The Hall–Kier alpha value is -2.08. The van der Waals surface area contributed by atoms with E-state index in [2.05, 4.69) is 51.1 Å². The largest absolute Gasteiger partial charge is 0.353 e. The minimum atomic E-state index is 0.0850. The Morgan fingerprint density at radius 3 is 2.84 bits per heavy atom. The van der Waals surface area contributed by atoms with Crippen LogP contribution in [0, 0.1) is 13.8 Å². The highest BCUT2D eigenvalue weighted by atomic mass is 32.2. The first-order chi connectivity index (χ1) is 12.1. The molecule has 2 aromatic heterocycles. The van der Waals surface area contributed by atoms with Gasteiger partial charge in [-0.3, -0.25) is 9.20 Å². The quantitative estimate of drug-likeness (QED) is 0.727. The lowest BCUT2D eigenvalue weighted by atomic mass is 10.1. The molecule has 1 N–H and O–H groups in total. The molecule has 3 aromatic rings. The Labute approximate surface area is 151 Å². The molecule has 1 aliphatic carbocycles. The van der Waals surface area contributed by atoms with E-state index in [0.717, 1.165) is 40.1 Å². The number of nitrogens with zero attached hydrogens (tertiary/aromatic N) is 3. The molecule has 1 fully saturated rings. The van der Waals surface area contributed by atoms with Crippen molar-refractivity contribution in [1.29, 1.82) is 0 Å². The second kappa shape index (κ2) is 6.67. The van der Waals surface area contributed by atoms with Gasteiger partial charge >= 0.3 is 0 Å². The monoisotopic (exact) mass is 354 g/mol. The van der Waals surface area contributed by atoms with Gasteiger partial charge in [-0.1, -0.05) is 36.7 Å². The average molecular weight is 354 g/mol. The van der Waals surface area contributed by atoms with Gasteiger partial charge in [0.1, 0.15) is 0 Å². The molecule has 2 heterocycles. The third-order valence-corrected chi connectivity index (χ3v) is 5.77. The van der Waals surface area contributed by atoms with E-state index < -0.39 is 0 Å². The van der Waals surface area contributed by atoms with E-state index >= 15 is 0 Å². The van der Waals surface area contributed by atoms with Gasteiger partial charge in [-0.05, 0) is 55.3 Å². The normalized spacial score (nSPS) is 15.3. The van der Waals surface area contributed by atoms with Gasteiger partial charge in [0.15, 0.2) is 10.8 Å². The summed E-state index contributed by atoms with van der Waals surface area (Å²) < 4.78 is 2.07. The summed E-state index contributed by atoms with van der Waals surface area (Å²) in [5.41, 5.74) is 4.23. The van der Waals surface area contributed by atoms with Crippen molar-refractivity contribution >= 4 is 34.2 Å². The van der Waals surface area contributed by atoms with Crippen LogP contribution in [0.1, 0.15) is 36.8 Å². The Balaban J connectivity index is 1.62. The zero-order chi connectivity index (χ0) is 17.4. The van der Waals surface area contributed by atoms with Crippen molar-refractivity contribution in [3.05, 3.63) is 35.4 Å². The highest BCUT2D eigenvalue weighted by Crippen LogP contribution is 2.26. The highest BCUT2D eigenvalue weighted by molar-refractivity contribution is 7.99. The van der Waals surface area contributed by atoms with Crippen molar-refractivity contribution in [2.45, 2.75) is 50.7 Å². The Kier molecular flexibility index (Phi) is 4.37. The van der Waals surface area contributed by atoms with E-state index in [9.17, 15) is 4.79 Å². The molecule has 0 spiro atoms. The van der Waals surface area contributed by atoms with Crippen molar-refractivity contribution < 1.29 is 4.79 Å². The number of aromatic nitrogens is 3. The number of nitrogens with one attached hydrogen (secondary N) is 1. The van der Waals surface area contributed by atoms with Crippen molar-refractivity contribution in [1.82, 2.24) is 19.9 Å². The molecule has 1 aliphatic rings. The van der Waals surface area contributed by atoms with E-state index in [0.29, 0.717) is 11.8 Å². The summed E-state index contributed by atoms with van der Waals surface area (Å²) in [4.78, 5) is 12.2. The van der Waals surface area contributed by atoms with Crippen LogP contribution in [0.4, 0.5) is 0 Å². The number of rotatable bonds is 4. The van der Waals surface area contributed by atoms with Crippen LogP contribution in [0.5, 0.6) is 0 Å². The molecule has 6 heteroatoms. The number of benzene rings is 1. The number of amides is 1. The van der Waals surface area contributed by atoms with E-state index in [1.54, 1.807) is 0 Å². The number of fused-ring (bicyclic) bond motifs is 3. The smallest absolute Gasteiger partial charge is 0.230 e. The molecular weight excluding hydrogens is 332 g/mol. The lowest BCUT2D eigenvalue weighted by molar-refractivity contribution is -0.119. The summed E-state index contributed by atoms with van der Waals surface area (Å²) in [6.45, 7) is 4.13. The Morgan fingerprint density at radius 1 is 1.24 bits per heavy atom. The fourth-order valence-electron chi connectivity index (χ4n) is 3.57. The second-order valence-electron chi connectivity index (χ2n) is 6.87. The minimum absolute atomic E-state index is 0.0850. The van der Waals surface area contributed by atoms with E-state index in [4.69, 9.17) is 0 Å². The number of carbonyl (C=O) groups is 1. The summed E-state index contributed by atoms with van der Waals surface area (Å²) in [5.74, 6) is 0.459. The van der Waals surface area contributed by atoms with E-state index in [1.165, 1.54) is 30.2 Å². The van der Waals surface area contributed by atoms with Crippen LogP contribution in [0.3, 0.4) is 0 Å². The molecule has 5 nitrogen and oxygen atoms in total. The maximum Gasteiger partial charge on any atom is 0.230 e. The molecule has 130 valence electrons. The molecule has 1 amide bonds. The van der Waals surface area contributed by atoms with Gasteiger partial charge in [0.05, 0.1) is 11.3 Å². The summed E-state index contributed by atoms with van der Waals surface area (Å²) >= 11 is 1.45. The molecule has 0 aliphatic heterocycles. The van der Waals surface area contributed by atoms with Crippen molar-refractivity contribution in [3.63, 3.8) is 0 Å². The highest BCUT2D eigenvalue weighted by Gasteiger charge is 2.18. The van der Waals surface area contributed by atoms with Crippen molar-refractivity contribution in [3.8, 4) is 0 Å². The number of hydrogen-bond acceptors (Lipinski definition) is 4. The van der Waals surface area contributed by atoms with Gasteiger partial charge in [-0.25, -0.2) is 0 Å². The van der Waals surface area contributed by atoms with Gasteiger partial charge in [0.25, 0.3) is 0 Å². The average Bonchev–Trinajstić information content (AvgIpc) is 3.23. The van der Waals surface area contributed by atoms with Crippen molar-refractivity contribution in [2.75, 3.05) is 5.75 Å². The van der Waals surface area contributed by atoms with Gasteiger partial charge in [-0.15, -0.1) is 10.2 Å². The summed E-state index contributed by atoms with van der Waals surface area (Å²) in [6, 6.07) is 8.88. The van der Waals surface area contributed by atoms with Crippen LogP contribution < -0.4 is 5.32 Å². The van der Waals surface area contributed by atoms with Crippen molar-refractivity contribution in [2.24, 2.45) is 0 Å². The molecule has 0 unspecified atom stereocenters. The molecule has 1 aromatic carbocycles. The first-order valence-electron chi connectivity index (χ1n) is 8.79. The molecule has 0 bridgehead atoms. The molecule has 1 saturated carbocycles. The summed E-state index contributed by atoms with van der Waals surface area (Å²) in [5, 5.41) is 13.7. The van der Waals surface area contributed by atoms with Crippen LogP contribution >= 0.6 is 11.8 Å². The second-order valence-corrected chi connectivity index (χ2v) is 7.81. The maximum atomic E-state index is 12.2. The Morgan fingerprint density at radius 2 is 2.04 bits per heavy atom. The standard InChI is InChI=1S/C19H22N4OS/c1-12-7-8-14-10-13(2)18-21-22-19(23(18)16(14)9-12)25-11-17(24)20-15-5-3-4-6-15/h7-10,15H,3-6,11H2,1-2H3,(H,20,24). The zero-order valence-electron chi connectivity index (χ0n) is 14.6. The number of hydrogen-bond donors (Lipinski definition) is 1. The SMILES string of the molecule is Cc1ccc2cc(C)c3nnc(SCC(=O)NC4CCCC4)n3c2c1. The molecule has 0 saturated heterocycles. The third kappa shape index (κ3) is 3.23. The Bertz CT molecular complexity index is 943. The van der Waals surface area contributed by atoms with E-state index in [-0.39, 0.29) is 5.91 Å². The first-order valence-corrected chi connectivity index (χ1v) is 9.77. The van der Waals surface area contributed by atoms with Gasteiger partial charge in [0.2, 0.25) is 5.91 Å².